The zero-order valence-corrected chi connectivity index (χ0v) is 17.7. The van der Waals surface area contributed by atoms with E-state index in [4.69, 9.17) is 4.74 Å². The quantitative estimate of drug-likeness (QED) is 0.719. The standard InChI is InChI=1S/C22H29N3O2S/c1-17(24(2)16-18-4-10-21(28-3)11-5-18)22(26)23-19-6-8-20(9-7-19)25-12-14-27-15-13-25/h4-11,17H,12-16H2,1-3H3,(H,23,26)/t17-/m1/s1. The Balaban J connectivity index is 1.53. The van der Waals surface area contributed by atoms with E-state index in [0.29, 0.717) is 0 Å². The van der Waals surface area contributed by atoms with Gasteiger partial charge >= 0.3 is 0 Å². The highest BCUT2D eigenvalue weighted by atomic mass is 32.2. The number of nitrogens with one attached hydrogen (secondary N) is 1. The predicted molar refractivity (Wildman–Crippen MR) is 117 cm³/mol. The number of hydrogen-bond acceptors (Lipinski definition) is 5. The highest BCUT2D eigenvalue weighted by Gasteiger charge is 2.18. The molecule has 2 aromatic rings. The molecular weight excluding hydrogens is 370 g/mol. The molecular formula is C22H29N3O2S. The average molecular weight is 400 g/mol. The third kappa shape index (κ3) is 5.50. The van der Waals surface area contributed by atoms with Crippen LogP contribution in [0.4, 0.5) is 11.4 Å². The molecule has 0 aliphatic carbocycles. The van der Waals surface area contributed by atoms with Crippen molar-refractivity contribution in [1.29, 1.82) is 0 Å². The van der Waals surface area contributed by atoms with Gasteiger partial charge < -0.3 is 15.0 Å². The lowest BCUT2D eigenvalue weighted by Gasteiger charge is -2.29. The van der Waals surface area contributed by atoms with Gasteiger partial charge in [-0.3, -0.25) is 9.69 Å². The molecule has 0 radical (unpaired) electrons. The van der Waals surface area contributed by atoms with Crippen molar-refractivity contribution in [2.45, 2.75) is 24.4 Å². The summed E-state index contributed by atoms with van der Waals surface area (Å²) in [5.74, 6) is 0.00218. The van der Waals surface area contributed by atoms with Crippen molar-refractivity contribution in [3.8, 4) is 0 Å². The van der Waals surface area contributed by atoms with Gasteiger partial charge in [0, 0.05) is 35.9 Å². The molecule has 0 aromatic heterocycles. The third-order valence-corrected chi connectivity index (χ3v) is 5.89. The molecule has 1 aliphatic heterocycles. The van der Waals surface area contributed by atoms with Gasteiger partial charge in [-0.05, 0) is 62.2 Å². The zero-order valence-electron chi connectivity index (χ0n) is 16.9. The van der Waals surface area contributed by atoms with Crippen LogP contribution in [0.25, 0.3) is 0 Å². The van der Waals surface area contributed by atoms with Crippen LogP contribution in [0, 0.1) is 0 Å². The molecule has 1 heterocycles. The van der Waals surface area contributed by atoms with E-state index in [1.807, 2.05) is 26.1 Å². The molecule has 5 nitrogen and oxygen atoms in total. The molecule has 2 aromatic carbocycles. The lowest BCUT2D eigenvalue weighted by molar-refractivity contribution is -0.120. The first-order valence-electron chi connectivity index (χ1n) is 9.63. The molecule has 0 unspecified atom stereocenters. The Morgan fingerprint density at radius 2 is 1.79 bits per heavy atom. The minimum absolute atomic E-state index is 0.00218. The minimum Gasteiger partial charge on any atom is -0.378 e. The van der Waals surface area contributed by atoms with Crippen LogP contribution in [-0.4, -0.2) is 56.5 Å². The van der Waals surface area contributed by atoms with Crippen molar-refractivity contribution in [3.05, 3.63) is 54.1 Å². The molecule has 6 heteroatoms. The van der Waals surface area contributed by atoms with Crippen LogP contribution in [-0.2, 0) is 16.1 Å². The first kappa shape index (κ1) is 20.7. The number of rotatable bonds is 7. The Bertz CT molecular complexity index is 758. The lowest BCUT2D eigenvalue weighted by Crippen LogP contribution is -2.39. The molecule has 1 fully saturated rings. The van der Waals surface area contributed by atoms with E-state index >= 15 is 0 Å². The van der Waals surface area contributed by atoms with Gasteiger partial charge in [-0.1, -0.05) is 12.1 Å². The molecule has 0 spiro atoms. The van der Waals surface area contributed by atoms with Crippen LogP contribution < -0.4 is 10.2 Å². The highest BCUT2D eigenvalue weighted by molar-refractivity contribution is 7.98. The highest BCUT2D eigenvalue weighted by Crippen LogP contribution is 2.20. The molecule has 1 saturated heterocycles. The van der Waals surface area contributed by atoms with Crippen LogP contribution in [0.15, 0.2) is 53.4 Å². The number of hydrogen-bond donors (Lipinski definition) is 1. The summed E-state index contributed by atoms with van der Waals surface area (Å²) in [6.45, 7) is 6.02. The molecule has 3 rings (SSSR count). The monoisotopic (exact) mass is 399 g/mol. The average Bonchev–Trinajstić information content (AvgIpc) is 2.74. The second-order valence-electron chi connectivity index (χ2n) is 7.07. The molecule has 0 bridgehead atoms. The van der Waals surface area contributed by atoms with E-state index in [2.05, 4.69) is 57.8 Å². The minimum atomic E-state index is -0.223. The molecule has 0 saturated carbocycles. The largest absolute Gasteiger partial charge is 0.378 e. The second-order valence-corrected chi connectivity index (χ2v) is 7.95. The Kier molecular flexibility index (Phi) is 7.36. The summed E-state index contributed by atoms with van der Waals surface area (Å²) < 4.78 is 5.40. The number of likely N-dealkylation sites (N-methyl/N-ethyl adjacent to an activating group) is 1. The molecule has 1 amide bonds. The maximum Gasteiger partial charge on any atom is 0.241 e. The number of morpholine rings is 1. The number of benzene rings is 2. The Labute approximate surface area is 172 Å². The van der Waals surface area contributed by atoms with Crippen molar-refractivity contribution in [3.63, 3.8) is 0 Å². The summed E-state index contributed by atoms with van der Waals surface area (Å²) in [6, 6.07) is 16.3. The van der Waals surface area contributed by atoms with Crippen molar-refractivity contribution < 1.29 is 9.53 Å². The van der Waals surface area contributed by atoms with Gasteiger partial charge in [0.15, 0.2) is 0 Å². The fourth-order valence-corrected chi connectivity index (χ4v) is 3.59. The first-order valence-corrected chi connectivity index (χ1v) is 10.9. The first-order chi connectivity index (χ1) is 13.6. The van der Waals surface area contributed by atoms with Gasteiger partial charge in [-0.2, -0.15) is 0 Å². The van der Waals surface area contributed by atoms with Gasteiger partial charge in [-0.15, -0.1) is 11.8 Å². The normalized spacial score (nSPS) is 15.5. The Hall–Kier alpha value is -2.02. The number of ether oxygens (including phenoxy) is 1. The van der Waals surface area contributed by atoms with Crippen molar-refractivity contribution in [1.82, 2.24) is 4.90 Å². The summed E-state index contributed by atoms with van der Waals surface area (Å²) in [5, 5.41) is 3.03. The maximum atomic E-state index is 12.6. The third-order valence-electron chi connectivity index (χ3n) is 5.14. The predicted octanol–water partition coefficient (Wildman–Crippen LogP) is 3.70. The van der Waals surface area contributed by atoms with Gasteiger partial charge in [-0.25, -0.2) is 0 Å². The summed E-state index contributed by atoms with van der Waals surface area (Å²) >= 11 is 1.73. The molecule has 28 heavy (non-hydrogen) atoms. The van der Waals surface area contributed by atoms with Crippen LogP contribution in [0.2, 0.25) is 0 Å². The topological polar surface area (TPSA) is 44.8 Å². The van der Waals surface area contributed by atoms with Crippen LogP contribution in [0.3, 0.4) is 0 Å². The van der Waals surface area contributed by atoms with Gasteiger partial charge in [0.2, 0.25) is 5.91 Å². The van der Waals surface area contributed by atoms with Crippen LogP contribution in [0.5, 0.6) is 0 Å². The van der Waals surface area contributed by atoms with E-state index in [0.717, 1.165) is 38.5 Å². The zero-order chi connectivity index (χ0) is 19.9. The van der Waals surface area contributed by atoms with Crippen LogP contribution in [0.1, 0.15) is 12.5 Å². The summed E-state index contributed by atoms with van der Waals surface area (Å²) in [7, 11) is 1.98. The number of carbonyl (C=O) groups excluding carboxylic acids is 1. The Morgan fingerprint density at radius 3 is 2.39 bits per heavy atom. The summed E-state index contributed by atoms with van der Waals surface area (Å²) in [5.41, 5.74) is 3.20. The van der Waals surface area contributed by atoms with Gasteiger partial charge in [0.25, 0.3) is 0 Å². The van der Waals surface area contributed by atoms with Gasteiger partial charge in [0.1, 0.15) is 0 Å². The van der Waals surface area contributed by atoms with Gasteiger partial charge in [0.05, 0.1) is 19.3 Å². The van der Waals surface area contributed by atoms with E-state index in [1.165, 1.54) is 16.1 Å². The molecule has 1 atom stereocenters. The number of anilines is 2. The van der Waals surface area contributed by atoms with E-state index in [1.54, 1.807) is 11.8 Å². The number of thioether (sulfide) groups is 1. The summed E-state index contributed by atoms with van der Waals surface area (Å²) in [6.07, 6.45) is 2.07. The SMILES string of the molecule is CSc1ccc(CN(C)[C@H](C)C(=O)Nc2ccc(N3CCOCC3)cc2)cc1. The molecule has 150 valence electrons. The maximum absolute atomic E-state index is 12.6. The summed E-state index contributed by atoms with van der Waals surface area (Å²) in [4.78, 5) is 18.3. The molecule has 1 aliphatic rings. The number of carbonyl (C=O) groups is 1. The van der Waals surface area contributed by atoms with E-state index < -0.39 is 0 Å². The number of nitrogens with zero attached hydrogens (tertiary/aromatic N) is 2. The smallest absolute Gasteiger partial charge is 0.241 e. The number of amides is 1. The fourth-order valence-electron chi connectivity index (χ4n) is 3.18. The van der Waals surface area contributed by atoms with Crippen molar-refractivity contribution >= 4 is 29.0 Å². The Morgan fingerprint density at radius 1 is 1.14 bits per heavy atom. The lowest BCUT2D eigenvalue weighted by atomic mass is 10.2. The van der Waals surface area contributed by atoms with Crippen molar-refractivity contribution in [2.75, 3.05) is 49.8 Å². The van der Waals surface area contributed by atoms with Crippen LogP contribution >= 0.6 is 11.8 Å². The van der Waals surface area contributed by atoms with E-state index in [-0.39, 0.29) is 11.9 Å². The second kappa shape index (κ2) is 9.96. The fraction of sp³-hybridized carbons (Fsp3) is 0.409. The van der Waals surface area contributed by atoms with E-state index in [9.17, 15) is 4.79 Å². The van der Waals surface area contributed by atoms with Crippen molar-refractivity contribution in [2.24, 2.45) is 0 Å². The molecule has 1 N–H and O–H groups in total.